The fraction of sp³-hybridized carbons (Fsp3) is 0.600. The number of H-pyrrole nitrogens is 1. The summed E-state index contributed by atoms with van der Waals surface area (Å²) in [5, 5.41) is 3.06. The molecule has 7 heteroatoms. The van der Waals surface area contributed by atoms with E-state index in [0.717, 1.165) is 61.7 Å². The normalized spacial score (nSPS) is 22.2. The van der Waals surface area contributed by atoms with Crippen LogP contribution in [-0.4, -0.2) is 50.9 Å². The molecule has 2 aromatic rings. The summed E-state index contributed by atoms with van der Waals surface area (Å²) in [7, 11) is 2.06. The monoisotopic (exact) mass is 368 g/mol. The van der Waals surface area contributed by atoms with Crippen molar-refractivity contribution in [3.8, 4) is 0 Å². The van der Waals surface area contributed by atoms with Crippen LogP contribution in [0, 0.1) is 12.8 Å². The Bertz CT molecular complexity index is 845. The third kappa shape index (κ3) is 3.60. The molecule has 1 fully saturated rings. The first kappa shape index (κ1) is 18.1. The lowest BCUT2D eigenvalue weighted by atomic mass is 9.91. The Kier molecular flexibility index (Phi) is 4.95. The Morgan fingerprint density at radius 3 is 2.96 bits per heavy atom. The van der Waals surface area contributed by atoms with Crippen molar-refractivity contribution in [1.82, 2.24) is 30.2 Å². The number of amides is 1. The Labute approximate surface area is 160 Å². The number of carbonyl (C=O) groups is 1. The van der Waals surface area contributed by atoms with Gasteiger partial charge in [-0.3, -0.25) is 4.79 Å². The average Bonchev–Trinajstić information content (AvgIpc) is 3.36. The van der Waals surface area contributed by atoms with Crippen LogP contribution in [0.5, 0.6) is 0 Å². The summed E-state index contributed by atoms with van der Waals surface area (Å²) in [5.74, 6) is 1.77. The molecule has 1 aliphatic carbocycles. The van der Waals surface area contributed by atoms with Crippen molar-refractivity contribution in [2.75, 3.05) is 20.1 Å². The summed E-state index contributed by atoms with van der Waals surface area (Å²) in [4.78, 5) is 32.3. The summed E-state index contributed by atoms with van der Waals surface area (Å²) < 4.78 is 0. The van der Waals surface area contributed by atoms with Crippen molar-refractivity contribution < 1.29 is 4.79 Å². The number of nitrogens with one attached hydrogen (secondary N) is 2. The van der Waals surface area contributed by atoms with Gasteiger partial charge >= 0.3 is 0 Å². The molecule has 4 rings (SSSR count). The summed E-state index contributed by atoms with van der Waals surface area (Å²) in [5.41, 5.74) is 4.51. The molecule has 2 aromatic heterocycles. The van der Waals surface area contributed by atoms with Crippen LogP contribution in [0.1, 0.15) is 53.6 Å². The maximum atomic E-state index is 12.9. The van der Waals surface area contributed by atoms with E-state index in [0.29, 0.717) is 12.4 Å². The van der Waals surface area contributed by atoms with E-state index in [-0.39, 0.29) is 17.7 Å². The quantitative estimate of drug-likeness (QED) is 0.836. The molecule has 144 valence electrons. The second kappa shape index (κ2) is 7.38. The molecule has 1 amide bonds. The standard InChI is InChI=1S/C20H28N6O/c1-4-17-23-12(2)19(25-17)14-10-26(3)11-15(14)20(27)22-9-18-21-8-13-6-5-7-16(13)24-18/h8,14-15H,4-7,9-11H2,1-3H3,(H,22,27)(H,23,25)/t14-,15-/m1/s1. The number of hydrogen-bond donors (Lipinski definition) is 2. The molecule has 1 aliphatic heterocycles. The summed E-state index contributed by atoms with van der Waals surface area (Å²) >= 11 is 0. The lowest BCUT2D eigenvalue weighted by molar-refractivity contribution is -0.125. The number of nitrogens with zero attached hydrogens (tertiary/aromatic N) is 4. The zero-order valence-electron chi connectivity index (χ0n) is 16.4. The van der Waals surface area contributed by atoms with Gasteiger partial charge in [0.05, 0.1) is 18.2 Å². The van der Waals surface area contributed by atoms with Gasteiger partial charge in [-0.1, -0.05) is 6.92 Å². The van der Waals surface area contributed by atoms with E-state index >= 15 is 0 Å². The molecule has 0 aromatic carbocycles. The number of imidazole rings is 1. The lowest BCUT2D eigenvalue weighted by Crippen LogP contribution is -2.34. The third-order valence-corrected chi connectivity index (χ3v) is 5.78. The number of carbonyl (C=O) groups excluding carboxylic acids is 1. The number of aromatic amines is 1. The fourth-order valence-corrected chi connectivity index (χ4v) is 4.35. The molecule has 27 heavy (non-hydrogen) atoms. The highest BCUT2D eigenvalue weighted by atomic mass is 16.2. The molecule has 2 N–H and O–H groups in total. The van der Waals surface area contributed by atoms with E-state index in [1.165, 1.54) is 5.56 Å². The first-order valence-corrected chi connectivity index (χ1v) is 9.90. The second-order valence-electron chi connectivity index (χ2n) is 7.81. The van der Waals surface area contributed by atoms with Crippen molar-refractivity contribution in [1.29, 1.82) is 0 Å². The number of rotatable bonds is 5. The largest absolute Gasteiger partial charge is 0.348 e. The molecular weight excluding hydrogens is 340 g/mol. The fourth-order valence-electron chi connectivity index (χ4n) is 4.35. The van der Waals surface area contributed by atoms with Gasteiger partial charge in [-0.2, -0.15) is 0 Å². The van der Waals surface area contributed by atoms with Crippen LogP contribution in [-0.2, 0) is 30.6 Å². The van der Waals surface area contributed by atoms with Crippen LogP contribution < -0.4 is 5.32 Å². The van der Waals surface area contributed by atoms with Crippen LogP contribution in [0.3, 0.4) is 0 Å². The number of aryl methyl sites for hydroxylation is 4. The minimum atomic E-state index is -0.101. The van der Waals surface area contributed by atoms with Gasteiger partial charge in [0.2, 0.25) is 5.91 Å². The molecule has 7 nitrogen and oxygen atoms in total. The van der Waals surface area contributed by atoms with Crippen molar-refractivity contribution in [2.45, 2.75) is 52.0 Å². The highest BCUT2D eigenvalue weighted by Gasteiger charge is 2.39. The summed E-state index contributed by atoms with van der Waals surface area (Å²) in [6.07, 6.45) is 6.03. The highest BCUT2D eigenvalue weighted by molar-refractivity contribution is 5.80. The van der Waals surface area contributed by atoms with Gasteiger partial charge in [0, 0.05) is 43.0 Å². The van der Waals surface area contributed by atoms with Crippen LogP contribution in [0.15, 0.2) is 6.20 Å². The maximum absolute atomic E-state index is 12.9. The van der Waals surface area contributed by atoms with Gasteiger partial charge in [-0.05, 0) is 38.8 Å². The number of likely N-dealkylation sites (tertiary alicyclic amines) is 1. The molecule has 0 spiro atoms. The van der Waals surface area contributed by atoms with Crippen LogP contribution in [0.25, 0.3) is 0 Å². The van der Waals surface area contributed by atoms with Gasteiger partial charge in [0.15, 0.2) is 0 Å². The predicted octanol–water partition coefficient (Wildman–Crippen LogP) is 1.52. The SMILES string of the molecule is CCc1nc([C@@H]2CN(C)C[C@H]2C(=O)NCc2ncc3c(n2)CCC3)c(C)[nH]1. The number of hydrogen-bond acceptors (Lipinski definition) is 5. The molecule has 1 saturated heterocycles. The summed E-state index contributed by atoms with van der Waals surface area (Å²) in [6.45, 7) is 6.12. The zero-order chi connectivity index (χ0) is 19.0. The molecule has 2 atom stereocenters. The second-order valence-corrected chi connectivity index (χ2v) is 7.81. The molecule has 2 aliphatic rings. The zero-order valence-corrected chi connectivity index (χ0v) is 16.4. The van der Waals surface area contributed by atoms with Crippen LogP contribution >= 0.6 is 0 Å². The Morgan fingerprint density at radius 2 is 2.19 bits per heavy atom. The van der Waals surface area contributed by atoms with Gasteiger partial charge in [-0.25, -0.2) is 15.0 Å². The van der Waals surface area contributed by atoms with Crippen molar-refractivity contribution in [2.24, 2.45) is 5.92 Å². The van der Waals surface area contributed by atoms with Crippen molar-refractivity contribution >= 4 is 5.91 Å². The Morgan fingerprint density at radius 1 is 1.33 bits per heavy atom. The smallest absolute Gasteiger partial charge is 0.225 e. The molecule has 0 bridgehead atoms. The van der Waals surface area contributed by atoms with Crippen LogP contribution in [0.4, 0.5) is 0 Å². The molecular formula is C20H28N6O. The molecule has 0 radical (unpaired) electrons. The minimum absolute atomic E-state index is 0.0638. The summed E-state index contributed by atoms with van der Waals surface area (Å²) in [6, 6.07) is 0. The lowest BCUT2D eigenvalue weighted by Gasteiger charge is -2.17. The Hall–Kier alpha value is -2.28. The molecule has 0 unspecified atom stereocenters. The average molecular weight is 368 g/mol. The van der Waals surface area contributed by atoms with E-state index < -0.39 is 0 Å². The first-order valence-electron chi connectivity index (χ1n) is 9.90. The van der Waals surface area contributed by atoms with E-state index in [4.69, 9.17) is 4.98 Å². The van der Waals surface area contributed by atoms with Gasteiger partial charge in [-0.15, -0.1) is 0 Å². The van der Waals surface area contributed by atoms with E-state index in [2.05, 4.69) is 39.1 Å². The first-order chi connectivity index (χ1) is 13.0. The predicted molar refractivity (Wildman–Crippen MR) is 102 cm³/mol. The maximum Gasteiger partial charge on any atom is 0.225 e. The van der Waals surface area contributed by atoms with E-state index in [1.807, 2.05) is 13.1 Å². The third-order valence-electron chi connectivity index (χ3n) is 5.78. The van der Waals surface area contributed by atoms with Gasteiger partial charge in [0.1, 0.15) is 11.6 Å². The van der Waals surface area contributed by atoms with Crippen molar-refractivity contribution in [3.63, 3.8) is 0 Å². The van der Waals surface area contributed by atoms with E-state index in [1.54, 1.807) is 0 Å². The molecule has 3 heterocycles. The molecule has 0 saturated carbocycles. The van der Waals surface area contributed by atoms with Crippen molar-refractivity contribution in [3.05, 3.63) is 40.5 Å². The van der Waals surface area contributed by atoms with Crippen LogP contribution in [0.2, 0.25) is 0 Å². The number of aromatic nitrogens is 4. The highest BCUT2D eigenvalue weighted by Crippen LogP contribution is 2.33. The van der Waals surface area contributed by atoms with Gasteiger partial charge in [0.25, 0.3) is 0 Å². The van der Waals surface area contributed by atoms with E-state index in [9.17, 15) is 4.79 Å². The number of likely N-dealkylation sites (N-methyl/N-ethyl adjacent to an activating group) is 1. The van der Waals surface area contributed by atoms with Gasteiger partial charge < -0.3 is 15.2 Å². The minimum Gasteiger partial charge on any atom is -0.348 e. The topological polar surface area (TPSA) is 86.8 Å². The number of fused-ring (bicyclic) bond motifs is 1. The Balaban J connectivity index is 1.45.